The van der Waals surface area contributed by atoms with Crippen LogP contribution in [0.4, 0.5) is 22.0 Å². The molecule has 3 aromatic rings. The van der Waals surface area contributed by atoms with Crippen LogP contribution in [0.3, 0.4) is 0 Å². The van der Waals surface area contributed by atoms with Gasteiger partial charge in [-0.2, -0.15) is 18.3 Å². The van der Waals surface area contributed by atoms with E-state index in [4.69, 9.17) is 17.3 Å². The quantitative estimate of drug-likeness (QED) is 0.648. The summed E-state index contributed by atoms with van der Waals surface area (Å²) >= 11 is 5.84. The first-order valence-corrected chi connectivity index (χ1v) is 8.12. The normalized spacial score (nSPS) is 12.3. The van der Waals surface area contributed by atoms with Crippen molar-refractivity contribution in [3.05, 3.63) is 49.6 Å². The number of nitrogens with two attached hydrogens (primary N) is 1. The molecule has 27 heavy (non-hydrogen) atoms. The molecule has 0 saturated heterocycles. The van der Waals surface area contributed by atoms with Crippen LogP contribution in [-0.2, 0) is 12.7 Å². The number of rotatable bonds is 4. The first kappa shape index (κ1) is 19.2. The van der Waals surface area contributed by atoms with Gasteiger partial charge < -0.3 is 5.73 Å². The highest BCUT2D eigenvalue weighted by Gasteiger charge is 2.36. The number of hydrogen-bond acceptors (Lipinski definition) is 5. The fourth-order valence-corrected chi connectivity index (χ4v) is 3.59. The lowest BCUT2D eigenvalue weighted by atomic mass is 10.3. The number of aromatic nitrogens is 4. The molecule has 3 rings (SSSR count). The zero-order valence-electron chi connectivity index (χ0n) is 12.8. The van der Waals surface area contributed by atoms with Crippen molar-refractivity contribution in [3.8, 4) is 0 Å². The first-order chi connectivity index (χ1) is 12.5. The summed E-state index contributed by atoms with van der Waals surface area (Å²) in [6.45, 7) is -0.596. The van der Waals surface area contributed by atoms with Gasteiger partial charge in [-0.25, -0.2) is 18.2 Å². The zero-order chi connectivity index (χ0) is 20.1. The fraction of sp³-hybridized carbons (Fsp3) is 0.231. The molecule has 0 spiro atoms. The number of primary amides is 1. The van der Waals surface area contributed by atoms with Gasteiger partial charge in [0.25, 0.3) is 17.9 Å². The van der Waals surface area contributed by atoms with Gasteiger partial charge in [-0.05, 0) is 0 Å². The Labute approximate surface area is 154 Å². The molecule has 2 N–H and O–H groups in total. The van der Waals surface area contributed by atoms with Crippen LogP contribution in [0.1, 0.15) is 33.2 Å². The summed E-state index contributed by atoms with van der Waals surface area (Å²) in [4.78, 5) is 26.5. The molecule has 0 aromatic carbocycles. The highest BCUT2D eigenvalue weighted by Crippen LogP contribution is 2.32. The van der Waals surface area contributed by atoms with Crippen molar-refractivity contribution in [2.24, 2.45) is 5.73 Å². The van der Waals surface area contributed by atoms with E-state index in [0.29, 0.717) is 26.5 Å². The molecule has 0 bridgehead atoms. The van der Waals surface area contributed by atoms with Crippen molar-refractivity contribution in [2.45, 2.75) is 19.1 Å². The predicted octanol–water partition coefficient (Wildman–Crippen LogP) is 2.71. The van der Waals surface area contributed by atoms with Gasteiger partial charge in [0.2, 0.25) is 0 Å². The average Bonchev–Trinajstić information content (AvgIpc) is 3.08. The minimum atomic E-state index is -4.76. The molecule has 14 heteroatoms. The van der Waals surface area contributed by atoms with Crippen LogP contribution in [0.5, 0.6) is 0 Å². The number of fused-ring (bicyclic) bond motifs is 1. The van der Waals surface area contributed by atoms with Crippen LogP contribution in [0.25, 0.3) is 4.96 Å². The van der Waals surface area contributed by atoms with Gasteiger partial charge in [-0.1, -0.05) is 22.9 Å². The number of carbonyl (C=O) groups is 1. The van der Waals surface area contributed by atoms with Gasteiger partial charge in [0, 0.05) is 12.1 Å². The molecular formula is C13H7ClF5N5O2S. The van der Waals surface area contributed by atoms with E-state index in [9.17, 15) is 31.5 Å². The highest BCUT2D eigenvalue weighted by atomic mass is 35.5. The number of nitrogens with zero attached hydrogens (tertiary/aromatic N) is 4. The minimum Gasteiger partial charge on any atom is -0.364 e. The molecule has 0 unspecified atom stereocenters. The maximum atomic E-state index is 13.1. The number of amides is 1. The van der Waals surface area contributed by atoms with Gasteiger partial charge in [-0.15, -0.1) is 0 Å². The Balaban J connectivity index is 2.14. The van der Waals surface area contributed by atoms with Crippen molar-refractivity contribution in [3.63, 3.8) is 0 Å². The third-order valence-electron chi connectivity index (χ3n) is 3.38. The van der Waals surface area contributed by atoms with E-state index in [1.54, 1.807) is 0 Å². The van der Waals surface area contributed by atoms with Crippen LogP contribution >= 0.6 is 22.9 Å². The van der Waals surface area contributed by atoms with Crippen molar-refractivity contribution >= 4 is 33.8 Å². The summed E-state index contributed by atoms with van der Waals surface area (Å²) in [6, 6.07) is 1.40. The van der Waals surface area contributed by atoms with Gasteiger partial charge in [0.1, 0.15) is 16.3 Å². The molecular weight excluding hydrogens is 421 g/mol. The van der Waals surface area contributed by atoms with Crippen molar-refractivity contribution in [1.29, 1.82) is 0 Å². The second-order valence-corrected chi connectivity index (χ2v) is 6.59. The summed E-state index contributed by atoms with van der Waals surface area (Å²) in [5.41, 5.74) is 2.03. The standard InChI is InChI=1S/C13H7ClF5N5O2S/c14-6-2-5(13(17,18)19)23(22-6)3-4-1-7(25)24-8(11(20)26)9(10(15)16)27-12(24)21-4/h1-2,10H,3H2,(H2,20,26). The summed E-state index contributed by atoms with van der Waals surface area (Å²) in [6.07, 6.45) is -7.85. The van der Waals surface area contributed by atoms with E-state index >= 15 is 0 Å². The summed E-state index contributed by atoms with van der Waals surface area (Å²) < 4.78 is 66.3. The van der Waals surface area contributed by atoms with Crippen LogP contribution in [0.15, 0.2) is 16.9 Å². The molecule has 0 radical (unpaired) electrons. The summed E-state index contributed by atoms with van der Waals surface area (Å²) in [5, 5.41) is 3.06. The Kier molecular flexibility index (Phi) is 4.67. The lowest BCUT2D eigenvalue weighted by Gasteiger charge is -2.09. The number of thiazole rings is 1. The number of halogens is 6. The Morgan fingerprint density at radius 1 is 1.33 bits per heavy atom. The van der Waals surface area contributed by atoms with Crippen molar-refractivity contribution in [2.75, 3.05) is 0 Å². The number of carbonyl (C=O) groups excluding carboxylic acids is 1. The molecule has 0 atom stereocenters. The Bertz CT molecular complexity index is 1100. The zero-order valence-corrected chi connectivity index (χ0v) is 14.4. The van der Waals surface area contributed by atoms with E-state index in [-0.39, 0.29) is 10.7 Å². The monoisotopic (exact) mass is 427 g/mol. The van der Waals surface area contributed by atoms with Crippen LogP contribution in [0.2, 0.25) is 5.15 Å². The SMILES string of the molecule is NC(=O)c1c(C(F)F)sc2nc(Cn3nc(Cl)cc3C(F)(F)F)cc(=O)n12. The van der Waals surface area contributed by atoms with E-state index < -0.39 is 52.0 Å². The molecule has 0 aliphatic heterocycles. The average molecular weight is 428 g/mol. The highest BCUT2D eigenvalue weighted by molar-refractivity contribution is 7.17. The fourth-order valence-electron chi connectivity index (χ4n) is 2.39. The molecule has 0 saturated carbocycles. The van der Waals surface area contributed by atoms with Gasteiger partial charge in [-0.3, -0.25) is 14.3 Å². The van der Waals surface area contributed by atoms with E-state index in [0.717, 1.165) is 6.07 Å². The van der Waals surface area contributed by atoms with E-state index in [2.05, 4.69) is 10.1 Å². The molecule has 0 aliphatic rings. The smallest absolute Gasteiger partial charge is 0.364 e. The van der Waals surface area contributed by atoms with Crippen molar-refractivity contribution in [1.82, 2.24) is 19.2 Å². The minimum absolute atomic E-state index is 0.191. The van der Waals surface area contributed by atoms with Crippen LogP contribution in [0, 0.1) is 0 Å². The lowest BCUT2D eigenvalue weighted by molar-refractivity contribution is -0.144. The third kappa shape index (κ3) is 3.51. The topological polar surface area (TPSA) is 95.3 Å². The maximum Gasteiger partial charge on any atom is 0.433 e. The molecule has 7 nitrogen and oxygen atoms in total. The van der Waals surface area contributed by atoms with Crippen molar-refractivity contribution < 1.29 is 26.7 Å². The van der Waals surface area contributed by atoms with Crippen LogP contribution < -0.4 is 11.3 Å². The largest absolute Gasteiger partial charge is 0.433 e. The van der Waals surface area contributed by atoms with Gasteiger partial charge >= 0.3 is 6.18 Å². The predicted molar refractivity (Wildman–Crippen MR) is 84.2 cm³/mol. The molecule has 0 fully saturated rings. The Hall–Kier alpha value is -2.54. The maximum absolute atomic E-state index is 13.1. The second-order valence-electron chi connectivity index (χ2n) is 5.19. The number of alkyl halides is 5. The molecule has 3 aromatic heterocycles. The summed E-state index contributed by atoms with van der Waals surface area (Å²) in [7, 11) is 0. The Morgan fingerprint density at radius 3 is 2.56 bits per heavy atom. The van der Waals surface area contributed by atoms with Crippen LogP contribution in [-0.4, -0.2) is 25.1 Å². The number of hydrogen-bond donors (Lipinski definition) is 1. The van der Waals surface area contributed by atoms with E-state index in [1.165, 1.54) is 0 Å². The third-order valence-corrected chi connectivity index (χ3v) is 4.62. The lowest BCUT2D eigenvalue weighted by Crippen LogP contribution is -2.24. The van der Waals surface area contributed by atoms with Gasteiger partial charge in [0.05, 0.1) is 12.2 Å². The Morgan fingerprint density at radius 2 is 2.00 bits per heavy atom. The molecule has 1 amide bonds. The molecule has 0 aliphatic carbocycles. The second kappa shape index (κ2) is 6.56. The van der Waals surface area contributed by atoms with E-state index in [1.807, 2.05) is 0 Å². The molecule has 3 heterocycles. The first-order valence-electron chi connectivity index (χ1n) is 6.93. The molecule has 144 valence electrons. The summed E-state index contributed by atoms with van der Waals surface area (Å²) in [5.74, 6) is -1.26. The van der Waals surface area contributed by atoms with Gasteiger partial charge in [0.15, 0.2) is 10.1 Å².